The van der Waals surface area contributed by atoms with Gasteiger partial charge in [-0.3, -0.25) is 14.4 Å². The molecule has 2 aromatic carbocycles. The molecule has 0 bridgehead atoms. The summed E-state index contributed by atoms with van der Waals surface area (Å²) in [6.07, 6.45) is 0.663. The zero-order valence-electron chi connectivity index (χ0n) is 16.9. The third kappa shape index (κ3) is 7.65. The maximum absolute atomic E-state index is 11.9. The van der Waals surface area contributed by atoms with Crippen LogP contribution in [-0.4, -0.2) is 50.0 Å². The molecule has 7 nitrogen and oxygen atoms in total. The van der Waals surface area contributed by atoms with Crippen molar-refractivity contribution < 1.29 is 23.9 Å². The molecule has 0 atom stereocenters. The molecule has 0 aliphatic rings. The minimum Gasteiger partial charge on any atom is -0.494 e. The summed E-state index contributed by atoms with van der Waals surface area (Å²) >= 11 is 0. The van der Waals surface area contributed by atoms with Crippen molar-refractivity contribution >= 4 is 23.5 Å². The fourth-order valence-electron chi connectivity index (χ4n) is 2.48. The second kappa shape index (κ2) is 10.8. The number of carbonyl (C=O) groups excluding carboxylic acids is 3. The molecule has 154 valence electrons. The van der Waals surface area contributed by atoms with E-state index in [1.165, 1.54) is 4.90 Å². The van der Waals surface area contributed by atoms with Crippen molar-refractivity contribution in [3.05, 3.63) is 59.7 Å². The molecule has 0 radical (unpaired) electrons. The zero-order chi connectivity index (χ0) is 21.2. The molecule has 1 N–H and O–H groups in total. The van der Waals surface area contributed by atoms with E-state index >= 15 is 0 Å². The maximum atomic E-state index is 11.9. The van der Waals surface area contributed by atoms with Crippen LogP contribution in [0.4, 0.5) is 5.69 Å². The number of benzene rings is 2. The molecule has 0 heterocycles. The molecule has 7 heteroatoms. The molecular formula is C22H26N2O5. The van der Waals surface area contributed by atoms with Crippen LogP contribution in [0.15, 0.2) is 48.5 Å². The second-order valence-corrected chi connectivity index (χ2v) is 6.75. The summed E-state index contributed by atoms with van der Waals surface area (Å²) in [6, 6.07) is 14.2. The van der Waals surface area contributed by atoms with Crippen molar-refractivity contribution in [2.24, 2.45) is 0 Å². The Kier molecular flexibility index (Phi) is 8.21. The number of hydrogen-bond donors (Lipinski definition) is 1. The predicted octanol–water partition coefficient (Wildman–Crippen LogP) is 3.04. The van der Waals surface area contributed by atoms with E-state index in [9.17, 15) is 14.4 Å². The van der Waals surface area contributed by atoms with E-state index in [2.05, 4.69) is 5.32 Å². The van der Waals surface area contributed by atoms with Crippen LogP contribution in [0.2, 0.25) is 0 Å². The van der Waals surface area contributed by atoms with Gasteiger partial charge in [0.1, 0.15) is 5.75 Å². The zero-order valence-corrected chi connectivity index (χ0v) is 16.9. The minimum atomic E-state index is -0.458. The summed E-state index contributed by atoms with van der Waals surface area (Å²) in [6.45, 7) is 2.01. The SMILES string of the molecule is Cc1cccc(OCCCC(=O)OCC(=O)Nc2ccc(C(=O)N(C)C)cc2)c1. The molecular weight excluding hydrogens is 372 g/mol. The number of anilines is 1. The van der Waals surface area contributed by atoms with Crippen molar-refractivity contribution in [2.45, 2.75) is 19.8 Å². The molecule has 0 saturated carbocycles. The quantitative estimate of drug-likeness (QED) is 0.518. The number of hydrogen-bond acceptors (Lipinski definition) is 5. The van der Waals surface area contributed by atoms with Gasteiger partial charge < -0.3 is 19.7 Å². The van der Waals surface area contributed by atoms with Gasteiger partial charge in [0.15, 0.2) is 6.61 Å². The smallest absolute Gasteiger partial charge is 0.306 e. The highest BCUT2D eigenvalue weighted by molar-refractivity contribution is 5.96. The van der Waals surface area contributed by atoms with Gasteiger partial charge in [-0.2, -0.15) is 0 Å². The Bertz CT molecular complexity index is 847. The van der Waals surface area contributed by atoms with E-state index in [0.29, 0.717) is 24.3 Å². The molecule has 2 aromatic rings. The van der Waals surface area contributed by atoms with Crippen molar-refractivity contribution in [2.75, 3.05) is 32.6 Å². The Morgan fingerprint density at radius 3 is 2.41 bits per heavy atom. The summed E-state index contributed by atoms with van der Waals surface area (Å²) in [5.74, 6) is -0.264. The van der Waals surface area contributed by atoms with Crippen LogP contribution >= 0.6 is 0 Å². The largest absolute Gasteiger partial charge is 0.494 e. The highest BCUT2D eigenvalue weighted by atomic mass is 16.5. The Morgan fingerprint density at radius 1 is 1.03 bits per heavy atom. The summed E-state index contributed by atoms with van der Waals surface area (Å²) in [5.41, 5.74) is 2.15. The van der Waals surface area contributed by atoms with Crippen molar-refractivity contribution in [3.63, 3.8) is 0 Å². The third-order valence-corrected chi connectivity index (χ3v) is 3.97. The van der Waals surface area contributed by atoms with E-state index in [1.54, 1.807) is 38.4 Å². The number of ether oxygens (including phenoxy) is 2. The summed E-state index contributed by atoms with van der Waals surface area (Å²) in [5, 5.41) is 2.62. The molecule has 2 rings (SSSR count). The summed E-state index contributed by atoms with van der Waals surface area (Å²) in [4.78, 5) is 37.0. The number of carbonyl (C=O) groups is 3. The van der Waals surface area contributed by atoms with Crippen LogP contribution < -0.4 is 10.1 Å². The van der Waals surface area contributed by atoms with Crippen LogP contribution in [-0.2, 0) is 14.3 Å². The fraction of sp³-hybridized carbons (Fsp3) is 0.318. The lowest BCUT2D eigenvalue weighted by molar-refractivity contribution is -0.147. The Morgan fingerprint density at radius 2 is 1.76 bits per heavy atom. The minimum absolute atomic E-state index is 0.122. The van der Waals surface area contributed by atoms with Crippen LogP contribution in [0.3, 0.4) is 0 Å². The maximum Gasteiger partial charge on any atom is 0.306 e. The lowest BCUT2D eigenvalue weighted by Crippen LogP contribution is -2.22. The average molecular weight is 398 g/mol. The van der Waals surface area contributed by atoms with Gasteiger partial charge in [0.25, 0.3) is 11.8 Å². The van der Waals surface area contributed by atoms with Crippen molar-refractivity contribution in [3.8, 4) is 5.75 Å². The van der Waals surface area contributed by atoms with Gasteiger partial charge in [-0.05, 0) is 55.3 Å². The van der Waals surface area contributed by atoms with E-state index < -0.39 is 11.9 Å². The Hall–Kier alpha value is -3.35. The van der Waals surface area contributed by atoms with Gasteiger partial charge in [-0.1, -0.05) is 12.1 Å². The number of amides is 2. The van der Waals surface area contributed by atoms with E-state index in [-0.39, 0.29) is 18.9 Å². The number of nitrogens with one attached hydrogen (secondary N) is 1. The lowest BCUT2D eigenvalue weighted by Gasteiger charge is -2.11. The van der Waals surface area contributed by atoms with E-state index in [1.807, 2.05) is 31.2 Å². The number of esters is 1. The first-order valence-corrected chi connectivity index (χ1v) is 9.32. The van der Waals surface area contributed by atoms with E-state index in [0.717, 1.165) is 11.3 Å². The molecule has 0 saturated heterocycles. The second-order valence-electron chi connectivity index (χ2n) is 6.75. The van der Waals surface area contributed by atoms with Crippen LogP contribution in [0.5, 0.6) is 5.75 Å². The number of rotatable bonds is 9. The molecule has 29 heavy (non-hydrogen) atoms. The van der Waals surface area contributed by atoms with Crippen molar-refractivity contribution in [1.82, 2.24) is 4.90 Å². The first-order valence-electron chi connectivity index (χ1n) is 9.32. The highest BCUT2D eigenvalue weighted by Gasteiger charge is 2.10. The van der Waals surface area contributed by atoms with Gasteiger partial charge in [-0.25, -0.2) is 0 Å². The highest BCUT2D eigenvalue weighted by Crippen LogP contribution is 2.13. The average Bonchev–Trinajstić information content (AvgIpc) is 2.69. The number of nitrogens with zero attached hydrogens (tertiary/aromatic N) is 1. The van der Waals surface area contributed by atoms with Crippen LogP contribution in [0.25, 0.3) is 0 Å². The summed E-state index contributed by atoms with van der Waals surface area (Å²) in [7, 11) is 3.34. The van der Waals surface area contributed by atoms with E-state index in [4.69, 9.17) is 9.47 Å². The molecule has 2 amide bonds. The van der Waals surface area contributed by atoms with Gasteiger partial charge in [0.2, 0.25) is 0 Å². The normalized spacial score (nSPS) is 10.2. The monoisotopic (exact) mass is 398 g/mol. The Balaban J connectivity index is 1.65. The topological polar surface area (TPSA) is 84.9 Å². The van der Waals surface area contributed by atoms with Gasteiger partial charge >= 0.3 is 5.97 Å². The number of aryl methyl sites for hydroxylation is 1. The molecule has 0 aromatic heterocycles. The predicted molar refractivity (Wildman–Crippen MR) is 110 cm³/mol. The van der Waals surface area contributed by atoms with Crippen LogP contribution in [0, 0.1) is 6.92 Å². The molecule has 0 fully saturated rings. The fourth-order valence-corrected chi connectivity index (χ4v) is 2.48. The molecule has 0 unspecified atom stereocenters. The first kappa shape index (κ1) is 21.9. The standard InChI is InChI=1S/C22H26N2O5/c1-16-6-4-7-19(14-16)28-13-5-8-21(26)29-15-20(25)23-18-11-9-17(10-12-18)22(27)24(2)3/h4,6-7,9-12,14H,5,8,13,15H2,1-3H3,(H,23,25). The van der Waals surface area contributed by atoms with Crippen molar-refractivity contribution in [1.29, 1.82) is 0 Å². The Labute approximate surface area is 170 Å². The third-order valence-electron chi connectivity index (χ3n) is 3.97. The molecule has 0 spiro atoms. The molecule has 0 aliphatic carbocycles. The van der Waals surface area contributed by atoms with Crippen LogP contribution in [0.1, 0.15) is 28.8 Å². The lowest BCUT2D eigenvalue weighted by atomic mass is 10.2. The molecule has 0 aliphatic heterocycles. The van der Waals surface area contributed by atoms with Gasteiger partial charge in [0.05, 0.1) is 6.61 Å². The first-order chi connectivity index (χ1) is 13.8. The van der Waals surface area contributed by atoms with Gasteiger partial charge in [-0.15, -0.1) is 0 Å². The van der Waals surface area contributed by atoms with Gasteiger partial charge in [0, 0.05) is 31.8 Å². The summed E-state index contributed by atoms with van der Waals surface area (Å²) < 4.78 is 10.5.